The molecule has 23 heavy (non-hydrogen) atoms. The van der Waals surface area contributed by atoms with Crippen LogP contribution < -0.4 is 4.90 Å². The van der Waals surface area contributed by atoms with Crippen LogP contribution in [0, 0.1) is 12.3 Å². The predicted octanol–water partition coefficient (Wildman–Crippen LogP) is 5.09. The van der Waals surface area contributed by atoms with Crippen LogP contribution in [0.1, 0.15) is 62.4 Å². The summed E-state index contributed by atoms with van der Waals surface area (Å²) in [5.74, 6) is -0.218. The van der Waals surface area contributed by atoms with Crippen LogP contribution in [0.15, 0.2) is 16.6 Å². The molecule has 0 aromatic heterocycles. The zero-order valence-corrected chi connectivity index (χ0v) is 16.1. The van der Waals surface area contributed by atoms with Gasteiger partial charge in [-0.3, -0.25) is 0 Å². The van der Waals surface area contributed by atoms with Crippen molar-refractivity contribution in [3.05, 3.63) is 27.7 Å². The summed E-state index contributed by atoms with van der Waals surface area (Å²) in [7, 11) is 0. The SMILES string of the molecule is Cc1cc(Br)cc(N2CCC3(CC2)CC3)c1C(=O)OC(C)(C)C. The molecule has 1 aromatic rings. The summed E-state index contributed by atoms with van der Waals surface area (Å²) < 4.78 is 6.67. The Kier molecular flexibility index (Phi) is 4.24. The molecular weight excluding hydrogens is 354 g/mol. The number of esters is 1. The molecular formula is C19H26BrNO2. The van der Waals surface area contributed by atoms with Crippen LogP contribution in [-0.2, 0) is 4.74 Å². The van der Waals surface area contributed by atoms with Gasteiger partial charge in [-0.15, -0.1) is 0 Å². The van der Waals surface area contributed by atoms with Crippen LogP contribution >= 0.6 is 15.9 Å². The lowest BCUT2D eigenvalue weighted by Crippen LogP contribution is -2.36. The van der Waals surface area contributed by atoms with E-state index >= 15 is 0 Å². The lowest BCUT2D eigenvalue weighted by molar-refractivity contribution is 0.00694. The van der Waals surface area contributed by atoms with Crippen LogP contribution in [0.25, 0.3) is 0 Å². The number of rotatable bonds is 2. The summed E-state index contributed by atoms with van der Waals surface area (Å²) >= 11 is 3.58. The van der Waals surface area contributed by atoms with Crippen molar-refractivity contribution in [2.75, 3.05) is 18.0 Å². The molecule has 3 rings (SSSR count). The van der Waals surface area contributed by atoms with Gasteiger partial charge in [0.1, 0.15) is 5.60 Å². The first kappa shape index (κ1) is 16.8. The highest BCUT2D eigenvalue weighted by Crippen LogP contribution is 2.54. The van der Waals surface area contributed by atoms with Crippen LogP contribution in [0.2, 0.25) is 0 Å². The van der Waals surface area contributed by atoms with E-state index in [9.17, 15) is 4.79 Å². The molecule has 4 heteroatoms. The Morgan fingerprint density at radius 3 is 2.30 bits per heavy atom. The maximum atomic E-state index is 12.7. The number of benzene rings is 1. The van der Waals surface area contributed by atoms with Crippen molar-refractivity contribution in [3.8, 4) is 0 Å². The quantitative estimate of drug-likeness (QED) is 0.669. The zero-order chi connectivity index (χ0) is 16.8. The largest absolute Gasteiger partial charge is 0.456 e. The van der Waals surface area contributed by atoms with Gasteiger partial charge < -0.3 is 9.64 Å². The molecule has 1 spiro atoms. The number of anilines is 1. The van der Waals surface area contributed by atoms with E-state index in [-0.39, 0.29) is 5.97 Å². The van der Waals surface area contributed by atoms with E-state index in [4.69, 9.17) is 4.74 Å². The lowest BCUT2D eigenvalue weighted by atomic mass is 9.92. The fourth-order valence-corrected chi connectivity index (χ4v) is 4.03. The standard InChI is InChI=1S/C19H26BrNO2/c1-13-11-14(20)12-15(16(13)17(22)23-18(2,3)4)21-9-7-19(5-6-19)8-10-21/h11-12H,5-10H2,1-4H3. The molecule has 1 aromatic carbocycles. The van der Waals surface area contributed by atoms with Gasteiger partial charge in [0.15, 0.2) is 0 Å². The number of halogens is 1. The Bertz CT molecular complexity index is 619. The number of hydrogen-bond acceptors (Lipinski definition) is 3. The van der Waals surface area contributed by atoms with E-state index in [0.29, 0.717) is 5.41 Å². The monoisotopic (exact) mass is 379 g/mol. The Morgan fingerprint density at radius 1 is 1.17 bits per heavy atom. The minimum absolute atomic E-state index is 0.218. The highest BCUT2D eigenvalue weighted by molar-refractivity contribution is 9.10. The average Bonchev–Trinajstić information content (AvgIpc) is 3.16. The van der Waals surface area contributed by atoms with E-state index in [1.165, 1.54) is 25.7 Å². The van der Waals surface area contributed by atoms with Crippen molar-refractivity contribution >= 4 is 27.6 Å². The molecule has 1 aliphatic carbocycles. The van der Waals surface area contributed by atoms with Gasteiger partial charge in [-0.1, -0.05) is 15.9 Å². The second-order valence-corrected chi connectivity index (χ2v) is 9.02. The Morgan fingerprint density at radius 2 is 1.78 bits per heavy atom. The first-order valence-corrected chi connectivity index (χ1v) is 9.27. The third-order valence-corrected chi connectivity index (χ3v) is 5.46. The molecule has 2 fully saturated rings. The molecule has 0 amide bonds. The second-order valence-electron chi connectivity index (χ2n) is 8.11. The number of carbonyl (C=O) groups excluding carboxylic acids is 1. The van der Waals surface area contributed by atoms with Crippen LogP contribution in [-0.4, -0.2) is 24.7 Å². The fourth-order valence-electron chi connectivity index (χ4n) is 3.47. The first-order valence-electron chi connectivity index (χ1n) is 8.48. The van der Waals surface area contributed by atoms with Crippen LogP contribution in [0.5, 0.6) is 0 Å². The average molecular weight is 380 g/mol. The van der Waals surface area contributed by atoms with Crippen molar-refractivity contribution < 1.29 is 9.53 Å². The van der Waals surface area contributed by atoms with Crippen molar-refractivity contribution in [1.29, 1.82) is 0 Å². The smallest absolute Gasteiger partial charge is 0.341 e. The topological polar surface area (TPSA) is 29.5 Å². The third kappa shape index (κ3) is 3.73. The first-order chi connectivity index (χ1) is 10.7. The number of nitrogens with zero attached hydrogens (tertiary/aromatic N) is 1. The van der Waals surface area contributed by atoms with Gasteiger partial charge in [0.25, 0.3) is 0 Å². The summed E-state index contributed by atoms with van der Waals surface area (Å²) in [6.45, 7) is 9.79. The molecule has 0 bridgehead atoms. The second kappa shape index (κ2) is 5.80. The van der Waals surface area contributed by atoms with E-state index in [1.807, 2.05) is 33.8 Å². The number of carbonyl (C=O) groups is 1. The van der Waals surface area contributed by atoms with Gasteiger partial charge in [-0.05, 0) is 76.5 Å². The van der Waals surface area contributed by atoms with Gasteiger partial charge in [-0.25, -0.2) is 4.79 Å². The molecule has 0 N–H and O–H groups in total. The molecule has 0 radical (unpaired) electrons. The Labute approximate surface area is 147 Å². The number of hydrogen-bond donors (Lipinski definition) is 0. The molecule has 3 nitrogen and oxygen atoms in total. The molecule has 1 saturated carbocycles. The van der Waals surface area contributed by atoms with Gasteiger partial charge in [-0.2, -0.15) is 0 Å². The third-order valence-electron chi connectivity index (χ3n) is 5.00. The van der Waals surface area contributed by atoms with Crippen LogP contribution in [0.3, 0.4) is 0 Å². The van der Waals surface area contributed by atoms with E-state index in [2.05, 4.69) is 26.9 Å². The van der Waals surface area contributed by atoms with Crippen molar-refractivity contribution in [3.63, 3.8) is 0 Å². The molecule has 0 unspecified atom stereocenters. The summed E-state index contributed by atoms with van der Waals surface area (Å²) in [6, 6.07) is 4.06. The van der Waals surface area contributed by atoms with E-state index < -0.39 is 5.60 Å². The Balaban J connectivity index is 1.90. The summed E-state index contributed by atoms with van der Waals surface area (Å²) in [6.07, 6.45) is 5.26. The van der Waals surface area contributed by atoms with E-state index in [0.717, 1.165) is 34.4 Å². The predicted molar refractivity (Wildman–Crippen MR) is 97.2 cm³/mol. The van der Waals surface area contributed by atoms with Crippen molar-refractivity contribution in [1.82, 2.24) is 0 Å². The number of piperidine rings is 1. The van der Waals surface area contributed by atoms with Gasteiger partial charge in [0, 0.05) is 17.6 Å². The number of aryl methyl sites for hydroxylation is 1. The zero-order valence-electron chi connectivity index (χ0n) is 14.5. The normalized spacial score (nSPS) is 19.8. The fraction of sp³-hybridized carbons (Fsp3) is 0.632. The highest BCUT2D eigenvalue weighted by atomic mass is 79.9. The van der Waals surface area contributed by atoms with Crippen molar-refractivity contribution in [2.45, 2.75) is 59.0 Å². The summed E-state index contributed by atoms with van der Waals surface area (Å²) in [4.78, 5) is 15.1. The number of ether oxygens (including phenoxy) is 1. The van der Waals surface area contributed by atoms with Gasteiger partial charge >= 0.3 is 5.97 Å². The molecule has 126 valence electrons. The molecule has 1 saturated heterocycles. The minimum atomic E-state index is -0.478. The molecule has 1 aliphatic heterocycles. The summed E-state index contributed by atoms with van der Waals surface area (Å²) in [5.41, 5.74) is 2.85. The highest BCUT2D eigenvalue weighted by Gasteiger charge is 2.44. The maximum absolute atomic E-state index is 12.7. The van der Waals surface area contributed by atoms with Crippen molar-refractivity contribution in [2.24, 2.45) is 5.41 Å². The molecule has 0 atom stereocenters. The lowest BCUT2D eigenvalue weighted by Gasteiger charge is -2.35. The summed E-state index contributed by atoms with van der Waals surface area (Å²) in [5, 5.41) is 0. The van der Waals surface area contributed by atoms with E-state index in [1.54, 1.807) is 0 Å². The minimum Gasteiger partial charge on any atom is -0.456 e. The van der Waals surface area contributed by atoms with Gasteiger partial charge in [0.2, 0.25) is 0 Å². The molecule has 2 aliphatic rings. The van der Waals surface area contributed by atoms with Gasteiger partial charge in [0.05, 0.1) is 11.3 Å². The maximum Gasteiger partial charge on any atom is 0.341 e. The Hall–Kier alpha value is -1.03. The molecule has 1 heterocycles. The van der Waals surface area contributed by atoms with Crippen LogP contribution in [0.4, 0.5) is 5.69 Å².